The Labute approximate surface area is 103 Å². The van der Waals surface area contributed by atoms with E-state index in [1.165, 1.54) is 0 Å². The molecular weight excluding hydrogens is 216 g/mol. The van der Waals surface area contributed by atoms with Gasteiger partial charge in [0, 0.05) is 39.0 Å². The summed E-state index contributed by atoms with van der Waals surface area (Å²) < 4.78 is 11.1. The average molecular weight is 238 g/mol. The molecule has 0 aliphatic rings. The van der Waals surface area contributed by atoms with Crippen LogP contribution in [0.5, 0.6) is 5.75 Å². The lowest BCUT2D eigenvalue weighted by atomic mass is 10.3. The summed E-state index contributed by atoms with van der Waals surface area (Å²) in [6, 6.07) is 7.95. The second-order valence-electron chi connectivity index (χ2n) is 4.02. The van der Waals surface area contributed by atoms with Crippen LogP contribution in [-0.4, -0.2) is 40.0 Å². The number of ether oxygens (including phenoxy) is 2. The molecule has 0 aliphatic carbocycles. The third kappa shape index (κ3) is 4.63. The van der Waals surface area contributed by atoms with Crippen molar-refractivity contribution < 1.29 is 9.47 Å². The summed E-state index contributed by atoms with van der Waals surface area (Å²) in [4.78, 5) is 2.04. The molecule has 0 fully saturated rings. The SMILES string of the molecule is CCOC(CN)COc1cccc(N(C)C)c1. The maximum atomic E-state index is 5.67. The van der Waals surface area contributed by atoms with Crippen molar-refractivity contribution >= 4 is 5.69 Å². The van der Waals surface area contributed by atoms with Gasteiger partial charge in [0.2, 0.25) is 0 Å². The monoisotopic (exact) mass is 238 g/mol. The third-order valence-corrected chi connectivity index (χ3v) is 2.44. The molecule has 96 valence electrons. The minimum Gasteiger partial charge on any atom is -0.491 e. The fourth-order valence-corrected chi connectivity index (χ4v) is 1.46. The average Bonchev–Trinajstić information content (AvgIpc) is 2.34. The summed E-state index contributed by atoms with van der Waals surface area (Å²) in [6.07, 6.45) is -0.0389. The van der Waals surface area contributed by atoms with Gasteiger partial charge in [-0.05, 0) is 19.1 Å². The Morgan fingerprint density at radius 2 is 2.12 bits per heavy atom. The Bertz CT molecular complexity index is 329. The van der Waals surface area contributed by atoms with E-state index in [2.05, 4.69) is 0 Å². The highest BCUT2D eigenvalue weighted by Crippen LogP contribution is 2.19. The maximum absolute atomic E-state index is 5.67. The Balaban J connectivity index is 2.53. The molecule has 1 rings (SSSR count). The van der Waals surface area contributed by atoms with Crippen molar-refractivity contribution in [1.82, 2.24) is 0 Å². The summed E-state index contributed by atoms with van der Waals surface area (Å²) in [7, 11) is 4.00. The zero-order chi connectivity index (χ0) is 12.7. The van der Waals surface area contributed by atoms with Crippen LogP contribution in [0.25, 0.3) is 0 Å². The summed E-state index contributed by atoms with van der Waals surface area (Å²) in [6.45, 7) is 3.57. The lowest BCUT2D eigenvalue weighted by molar-refractivity contribution is 0.0337. The van der Waals surface area contributed by atoms with Crippen molar-refractivity contribution in [3.05, 3.63) is 24.3 Å². The molecule has 0 aromatic heterocycles. The molecule has 17 heavy (non-hydrogen) atoms. The minimum atomic E-state index is -0.0389. The van der Waals surface area contributed by atoms with Crippen LogP contribution in [0.3, 0.4) is 0 Å². The highest BCUT2D eigenvalue weighted by molar-refractivity contribution is 5.49. The number of nitrogens with zero attached hydrogens (tertiary/aromatic N) is 1. The molecule has 0 bridgehead atoms. The first-order valence-corrected chi connectivity index (χ1v) is 5.89. The standard InChI is InChI=1S/C13H22N2O2/c1-4-16-13(9-14)10-17-12-7-5-6-11(8-12)15(2)3/h5-8,13H,4,9-10,14H2,1-3H3. The van der Waals surface area contributed by atoms with Gasteiger partial charge in [-0.3, -0.25) is 0 Å². The van der Waals surface area contributed by atoms with E-state index in [9.17, 15) is 0 Å². The van der Waals surface area contributed by atoms with Crippen molar-refractivity contribution in [3.63, 3.8) is 0 Å². The topological polar surface area (TPSA) is 47.7 Å². The van der Waals surface area contributed by atoms with Crippen molar-refractivity contribution in [1.29, 1.82) is 0 Å². The zero-order valence-corrected chi connectivity index (χ0v) is 10.8. The van der Waals surface area contributed by atoms with E-state index in [0.717, 1.165) is 11.4 Å². The largest absolute Gasteiger partial charge is 0.491 e. The zero-order valence-electron chi connectivity index (χ0n) is 10.8. The molecule has 1 aromatic carbocycles. The Morgan fingerprint density at radius 3 is 2.71 bits per heavy atom. The molecule has 4 heteroatoms. The number of hydrogen-bond donors (Lipinski definition) is 1. The molecule has 0 aliphatic heterocycles. The van der Waals surface area contributed by atoms with Crippen LogP contribution in [-0.2, 0) is 4.74 Å². The van der Waals surface area contributed by atoms with Crippen LogP contribution in [0.2, 0.25) is 0 Å². The summed E-state index contributed by atoms with van der Waals surface area (Å²) >= 11 is 0. The van der Waals surface area contributed by atoms with E-state index in [1.807, 2.05) is 50.2 Å². The second-order valence-corrected chi connectivity index (χ2v) is 4.02. The van der Waals surface area contributed by atoms with Crippen LogP contribution in [0.1, 0.15) is 6.92 Å². The van der Waals surface area contributed by atoms with Gasteiger partial charge in [0.25, 0.3) is 0 Å². The van der Waals surface area contributed by atoms with E-state index in [1.54, 1.807) is 0 Å². The van der Waals surface area contributed by atoms with Crippen molar-refractivity contribution in [3.8, 4) is 5.75 Å². The second kappa shape index (κ2) is 7.14. The lowest BCUT2D eigenvalue weighted by Crippen LogP contribution is -2.30. The van der Waals surface area contributed by atoms with Crippen molar-refractivity contribution in [2.75, 3.05) is 38.8 Å². The molecule has 0 heterocycles. The Morgan fingerprint density at radius 1 is 1.35 bits per heavy atom. The van der Waals surface area contributed by atoms with E-state index in [0.29, 0.717) is 19.8 Å². The molecular formula is C13H22N2O2. The molecule has 0 radical (unpaired) electrons. The third-order valence-electron chi connectivity index (χ3n) is 2.44. The molecule has 2 N–H and O–H groups in total. The van der Waals surface area contributed by atoms with Gasteiger partial charge >= 0.3 is 0 Å². The fourth-order valence-electron chi connectivity index (χ4n) is 1.46. The van der Waals surface area contributed by atoms with Crippen LogP contribution in [0, 0.1) is 0 Å². The Hall–Kier alpha value is -1.26. The van der Waals surface area contributed by atoms with Crippen molar-refractivity contribution in [2.24, 2.45) is 5.73 Å². The minimum absolute atomic E-state index is 0.0389. The van der Waals surface area contributed by atoms with Crippen LogP contribution in [0.4, 0.5) is 5.69 Å². The predicted octanol–water partition coefficient (Wildman–Crippen LogP) is 1.50. The number of hydrogen-bond acceptors (Lipinski definition) is 4. The van der Waals surface area contributed by atoms with Gasteiger partial charge in [-0.15, -0.1) is 0 Å². The van der Waals surface area contributed by atoms with Crippen LogP contribution in [0.15, 0.2) is 24.3 Å². The van der Waals surface area contributed by atoms with E-state index in [4.69, 9.17) is 15.2 Å². The molecule has 1 unspecified atom stereocenters. The number of benzene rings is 1. The quantitative estimate of drug-likeness (QED) is 0.782. The molecule has 1 atom stereocenters. The molecule has 0 saturated heterocycles. The van der Waals surface area contributed by atoms with Crippen LogP contribution >= 0.6 is 0 Å². The maximum Gasteiger partial charge on any atom is 0.121 e. The molecule has 0 spiro atoms. The van der Waals surface area contributed by atoms with Gasteiger partial charge in [0.15, 0.2) is 0 Å². The van der Waals surface area contributed by atoms with Gasteiger partial charge in [-0.2, -0.15) is 0 Å². The first kappa shape index (κ1) is 13.8. The van der Waals surface area contributed by atoms with Gasteiger partial charge in [-0.25, -0.2) is 0 Å². The first-order chi connectivity index (χ1) is 8.17. The molecule has 0 saturated carbocycles. The van der Waals surface area contributed by atoms with E-state index < -0.39 is 0 Å². The predicted molar refractivity (Wildman–Crippen MR) is 70.7 cm³/mol. The van der Waals surface area contributed by atoms with E-state index in [-0.39, 0.29) is 6.10 Å². The smallest absolute Gasteiger partial charge is 0.121 e. The van der Waals surface area contributed by atoms with Gasteiger partial charge in [0.1, 0.15) is 18.5 Å². The number of rotatable bonds is 7. The molecule has 0 amide bonds. The molecule has 4 nitrogen and oxygen atoms in total. The highest BCUT2D eigenvalue weighted by atomic mass is 16.5. The van der Waals surface area contributed by atoms with Gasteiger partial charge in [-0.1, -0.05) is 6.07 Å². The lowest BCUT2D eigenvalue weighted by Gasteiger charge is -2.17. The van der Waals surface area contributed by atoms with Gasteiger partial charge < -0.3 is 20.1 Å². The highest BCUT2D eigenvalue weighted by Gasteiger charge is 2.07. The van der Waals surface area contributed by atoms with Crippen LogP contribution < -0.4 is 15.4 Å². The normalized spacial score (nSPS) is 12.2. The summed E-state index contributed by atoms with van der Waals surface area (Å²) in [5.41, 5.74) is 6.70. The molecule has 1 aromatic rings. The summed E-state index contributed by atoms with van der Waals surface area (Å²) in [5, 5.41) is 0. The number of anilines is 1. The van der Waals surface area contributed by atoms with E-state index >= 15 is 0 Å². The van der Waals surface area contributed by atoms with Gasteiger partial charge in [0.05, 0.1) is 0 Å². The fraction of sp³-hybridized carbons (Fsp3) is 0.538. The number of nitrogens with two attached hydrogens (primary N) is 1. The summed E-state index contributed by atoms with van der Waals surface area (Å²) in [5.74, 6) is 0.842. The first-order valence-electron chi connectivity index (χ1n) is 5.89. The van der Waals surface area contributed by atoms with Crippen molar-refractivity contribution in [2.45, 2.75) is 13.0 Å². The Kier molecular flexibility index (Phi) is 5.80.